The van der Waals surface area contributed by atoms with Crippen molar-refractivity contribution in [3.8, 4) is 0 Å². The van der Waals surface area contributed by atoms with Crippen LogP contribution in [-0.2, 0) is 19.2 Å². The maximum absolute atomic E-state index is 3.85. The molecule has 1 aliphatic carbocycles. The Morgan fingerprint density at radius 3 is 2.05 bits per heavy atom. The summed E-state index contributed by atoms with van der Waals surface area (Å²) in [6, 6.07) is 0. The summed E-state index contributed by atoms with van der Waals surface area (Å²) in [5.41, 5.74) is 0. The van der Waals surface area contributed by atoms with Crippen molar-refractivity contribution in [3.05, 3.63) is 58.0 Å². The van der Waals surface area contributed by atoms with E-state index in [4.69, 9.17) is 0 Å². The fourth-order valence-corrected chi connectivity index (χ4v) is 3.52. The van der Waals surface area contributed by atoms with E-state index >= 15 is 0 Å². The van der Waals surface area contributed by atoms with E-state index in [1.165, 1.54) is 24.0 Å². The van der Waals surface area contributed by atoms with Crippen molar-refractivity contribution in [1.29, 1.82) is 0 Å². The molecule has 0 spiro atoms. The monoisotopic (exact) mass is 338 g/mol. The van der Waals surface area contributed by atoms with Gasteiger partial charge in [0.05, 0.1) is 0 Å². The van der Waals surface area contributed by atoms with E-state index < -0.39 is 0 Å². The summed E-state index contributed by atoms with van der Waals surface area (Å²) in [6.07, 6.45) is 16.6. The second-order valence-electron chi connectivity index (χ2n) is 4.84. The van der Waals surface area contributed by atoms with E-state index in [0.29, 0.717) is 0 Å². The Labute approximate surface area is 148 Å². The van der Waals surface area contributed by atoms with Crippen LogP contribution < -0.4 is 0 Å². The molecule has 0 aromatic heterocycles. The van der Waals surface area contributed by atoms with Crippen molar-refractivity contribution in [2.75, 3.05) is 27.2 Å². The summed E-state index contributed by atoms with van der Waals surface area (Å²) in [4.78, 5) is 0. The topological polar surface area (TPSA) is 28.2 Å². The van der Waals surface area contributed by atoms with Gasteiger partial charge in [0.2, 0.25) is 0 Å². The summed E-state index contributed by atoms with van der Waals surface area (Å²) < 4.78 is 3.25. The predicted octanol–water partition coefficient (Wildman–Crippen LogP) is 6.26. The molecule has 1 aliphatic rings. The fourth-order valence-electron chi connectivity index (χ4n) is 1.44. The van der Waals surface area contributed by atoms with Crippen LogP contribution in [0.5, 0.6) is 0 Å². The van der Waals surface area contributed by atoms with Crippen molar-refractivity contribution < 1.29 is 19.2 Å². The third-order valence-corrected chi connectivity index (χ3v) is 5.00. The molecule has 0 bridgehead atoms. The summed E-state index contributed by atoms with van der Waals surface area (Å²) >= 11 is 0.290. The molecule has 0 saturated heterocycles. The molecule has 0 unspecified atom stereocenters. The van der Waals surface area contributed by atoms with Crippen LogP contribution in [0.4, 0.5) is 0 Å². The molecule has 22 heavy (non-hydrogen) atoms. The molecule has 0 saturated carbocycles. The molecule has 0 N–H and O–H groups in total. The zero-order valence-corrected chi connectivity index (χ0v) is 16.4. The van der Waals surface area contributed by atoms with E-state index in [9.17, 15) is 0 Å². The van der Waals surface area contributed by atoms with Gasteiger partial charge in [0.25, 0.3) is 0 Å². The number of hydrogen-bond acceptors (Lipinski definition) is 0. The van der Waals surface area contributed by atoms with Crippen molar-refractivity contribution in [3.63, 3.8) is 0 Å². The van der Waals surface area contributed by atoms with Crippen LogP contribution in [0.1, 0.15) is 39.0 Å². The van der Waals surface area contributed by atoms with Gasteiger partial charge in [-0.3, -0.25) is 0 Å². The van der Waals surface area contributed by atoms with E-state index in [-0.39, 0.29) is 19.2 Å². The van der Waals surface area contributed by atoms with Crippen molar-refractivity contribution >= 4 is 0 Å². The van der Waals surface area contributed by atoms with Crippen molar-refractivity contribution in [2.45, 2.75) is 43.8 Å². The second kappa shape index (κ2) is 22.9. The van der Waals surface area contributed by atoms with E-state index in [1.54, 1.807) is 3.88 Å². The maximum atomic E-state index is 3.85. The Bertz CT molecular complexity index is 284. The van der Waals surface area contributed by atoms with Crippen LogP contribution in [0.3, 0.4) is 0 Å². The molecule has 0 aromatic carbocycles. The molecule has 0 atom stereocenters. The van der Waals surface area contributed by atoms with Crippen molar-refractivity contribution in [2.24, 2.45) is 0 Å². The van der Waals surface area contributed by atoms with Gasteiger partial charge in [-0.15, -0.1) is 26.2 Å². The van der Waals surface area contributed by atoms with Crippen LogP contribution in [0.25, 0.3) is 10.6 Å². The van der Waals surface area contributed by atoms with Gasteiger partial charge in [0.15, 0.2) is 0 Å². The first-order valence-electron chi connectivity index (χ1n) is 8.19. The Balaban J connectivity index is 0. The number of hydrogen-bond donors (Lipinski definition) is 0. The van der Waals surface area contributed by atoms with Crippen LogP contribution in [0.15, 0.2) is 47.4 Å². The van der Waals surface area contributed by atoms with Crippen molar-refractivity contribution in [1.82, 2.24) is 0 Å². The summed E-state index contributed by atoms with van der Waals surface area (Å²) in [6.45, 7) is 11.2. The quantitative estimate of drug-likeness (QED) is 0.255. The average Bonchev–Trinajstić information content (AvgIpc) is 3.06. The molecule has 1 rings (SSSR count). The average molecular weight is 338 g/mol. The minimum atomic E-state index is 0.290. The SMILES string of the molecule is C=CCC[N-]C.C=CCC[N-]C.CCC[CH2][Ti+2][C]1=CC=CC1. The van der Waals surface area contributed by atoms with Gasteiger partial charge in [0.1, 0.15) is 0 Å². The molecule has 124 valence electrons. The normalized spacial score (nSPS) is 11.3. The van der Waals surface area contributed by atoms with E-state index in [0.717, 1.165) is 25.9 Å². The van der Waals surface area contributed by atoms with Gasteiger partial charge in [-0.05, 0) is 0 Å². The summed E-state index contributed by atoms with van der Waals surface area (Å²) in [5, 5.41) is 7.71. The van der Waals surface area contributed by atoms with Gasteiger partial charge >= 0.3 is 72.2 Å². The third-order valence-electron chi connectivity index (χ3n) is 2.77. The summed E-state index contributed by atoms with van der Waals surface area (Å²) in [7, 11) is 3.62. The van der Waals surface area contributed by atoms with Gasteiger partial charge in [0, 0.05) is 0 Å². The number of rotatable bonds is 10. The fraction of sp³-hybridized carbons (Fsp3) is 0.579. The first-order valence-corrected chi connectivity index (χ1v) is 10.1. The Kier molecular flexibility index (Phi) is 24.8. The standard InChI is InChI=1S/2C5H10N.C5H5.C4H9.Ti/c2*1-3-4-5-6-2;1-2-4-5-3-1;1-3-4-2;/h2*3H,1,4-5H2,2H3;1-3H,4H2;1,3-4H2,2H3;/q2*-1;;;+2. The first-order chi connectivity index (χ1) is 10.8. The molecule has 0 fully saturated rings. The van der Waals surface area contributed by atoms with Crippen LogP contribution in [0.2, 0.25) is 4.73 Å². The predicted molar refractivity (Wildman–Crippen MR) is 99.5 cm³/mol. The third kappa shape index (κ3) is 21.9. The molecule has 0 amide bonds. The van der Waals surface area contributed by atoms with Gasteiger partial charge < -0.3 is 10.6 Å². The molecule has 0 heterocycles. The zero-order valence-electron chi connectivity index (χ0n) is 14.9. The molecular weight excluding hydrogens is 304 g/mol. The molecule has 0 aromatic rings. The zero-order chi connectivity index (χ0) is 16.9. The second-order valence-corrected chi connectivity index (χ2v) is 7.17. The molecule has 2 nitrogen and oxygen atoms in total. The van der Waals surface area contributed by atoms with E-state index in [1.807, 2.05) is 26.2 Å². The minimum absolute atomic E-state index is 0.290. The first kappa shape index (κ1) is 23.9. The van der Waals surface area contributed by atoms with Crippen LogP contribution in [-0.4, -0.2) is 27.2 Å². The van der Waals surface area contributed by atoms with Crippen LogP contribution >= 0.6 is 0 Å². The van der Waals surface area contributed by atoms with Gasteiger partial charge in [-0.1, -0.05) is 25.0 Å². The van der Waals surface area contributed by atoms with Gasteiger partial charge in [-0.2, -0.15) is 14.1 Å². The summed E-state index contributed by atoms with van der Waals surface area (Å²) in [5.74, 6) is 0. The molecule has 0 aliphatic heterocycles. The molecule has 0 radical (unpaired) electrons. The number of nitrogens with zero attached hydrogens (tertiary/aromatic N) is 2. The Morgan fingerprint density at radius 1 is 1.14 bits per heavy atom. The van der Waals surface area contributed by atoms with Gasteiger partial charge in [-0.25, -0.2) is 0 Å². The number of unbranched alkanes of at least 4 members (excludes halogenated alkanes) is 1. The van der Waals surface area contributed by atoms with E-state index in [2.05, 4.69) is 48.9 Å². The molecular formula is C19H34N2Ti. The number of allylic oxidation sites excluding steroid dienone is 4. The van der Waals surface area contributed by atoms with Crippen LogP contribution in [0, 0.1) is 0 Å². The molecule has 3 heteroatoms. The Hall–Kier alpha value is -0.406. The Morgan fingerprint density at radius 2 is 1.73 bits per heavy atom.